The molecule has 0 spiro atoms. The smallest absolute Gasteiger partial charge is 0.274 e. The summed E-state index contributed by atoms with van der Waals surface area (Å²) < 4.78 is 27.3. The zero-order valence-corrected chi connectivity index (χ0v) is 15.7. The third kappa shape index (κ3) is 3.95. The van der Waals surface area contributed by atoms with Crippen LogP contribution in [-0.4, -0.2) is 25.4 Å². The second kappa shape index (κ2) is 6.92. The van der Waals surface area contributed by atoms with E-state index in [1.165, 1.54) is 12.1 Å². The average Bonchev–Trinajstić information content (AvgIpc) is 3.45. The second-order valence-electron chi connectivity index (χ2n) is 6.40. The Balaban J connectivity index is 1.59. The van der Waals surface area contributed by atoms with Crippen molar-refractivity contribution in [3.63, 3.8) is 0 Å². The highest BCUT2D eigenvalue weighted by atomic mass is 35.5. The van der Waals surface area contributed by atoms with Gasteiger partial charge in [0.25, 0.3) is 5.91 Å². The fourth-order valence-electron chi connectivity index (χ4n) is 2.70. The lowest BCUT2D eigenvalue weighted by atomic mass is 10.1. The molecule has 1 aliphatic rings. The van der Waals surface area contributed by atoms with Gasteiger partial charge in [-0.1, -0.05) is 41.9 Å². The van der Waals surface area contributed by atoms with Crippen LogP contribution in [0.4, 0.5) is 5.69 Å². The molecule has 6 nitrogen and oxygen atoms in total. The normalized spacial score (nSPS) is 14.3. The summed E-state index contributed by atoms with van der Waals surface area (Å²) in [7, 11) is -3.59. The van der Waals surface area contributed by atoms with E-state index in [-0.39, 0.29) is 21.8 Å². The number of anilines is 1. The maximum atomic E-state index is 12.6. The van der Waals surface area contributed by atoms with E-state index in [1.807, 2.05) is 24.3 Å². The van der Waals surface area contributed by atoms with E-state index in [2.05, 4.69) is 15.0 Å². The van der Waals surface area contributed by atoms with Crippen molar-refractivity contribution in [1.82, 2.24) is 9.71 Å². The minimum absolute atomic E-state index is 0.0113. The summed E-state index contributed by atoms with van der Waals surface area (Å²) >= 11 is 6.17. The molecule has 0 unspecified atom stereocenters. The Kier molecular flexibility index (Phi) is 4.59. The van der Waals surface area contributed by atoms with Crippen LogP contribution < -0.4 is 10.0 Å². The van der Waals surface area contributed by atoms with Gasteiger partial charge in [-0.3, -0.25) is 4.79 Å². The van der Waals surface area contributed by atoms with Gasteiger partial charge in [-0.25, -0.2) is 18.1 Å². The first-order chi connectivity index (χ1) is 12.9. The van der Waals surface area contributed by atoms with E-state index >= 15 is 0 Å². The number of fused-ring (bicyclic) bond motifs is 1. The van der Waals surface area contributed by atoms with E-state index in [9.17, 15) is 13.2 Å². The number of nitrogens with one attached hydrogen (secondary N) is 2. The van der Waals surface area contributed by atoms with Gasteiger partial charge in [0.1, 0.15) is 10.8 Å². The molecule has 1 aromatic heterocycles. The molecular formula is C19H16ClN3O3S. The zero-order valence-electron chi connectivity index (χ0n) is 14.1. The molecule has 0 aliphatic heterocycles. The van der Waals surface area contributed by atoms with Crippen LogP contribution in [0.25, 0.3) is 10.8 Å². The van der Waals surface area contributed by atoms with Gasteiger partial charge < -0.3 is 5.32 Å². The molecule has 1 amide bonds. The highest BCUT2D eigenvalue weighted by Gasteiger charge is 2.28. The standard InChI is InChI=1S/C19H16ClN3O3S/c20-18-16-7-2-1-4-12(16)10-17(22-18)19(24)21-14-5-3-6-15(11-14)27(25,26)23-13-8-9-13/h1-7,10-11,13,23H,8-9H2,(H,21,24). The number of hydrogen-bond donors (Lipinski definition) is 2. The Labute approximate surface area is 161 Å². The maximum Gasteiger partial charge on any atom is 0.274 e. The van der Waals surface area contributed by atoms with E-state index in [0.29, 0.717) is 5.69 Å². The topological polar surface area (TPSA) is 88.2 Å². The average molecular weight is 402 g/mol. The van der Waals surface area contributed by atoms with Crippen molar-refractivity contribution < 1.29 is 13.2 Å². The lowest BCUT2D eigenvalue weighted by molar-refractivity contribution is 0.102. The summed E-state index contributed by atoms with van der Waals surface area (Å²) in [4.78, 5) is 16.8. The molecule has 0 radical (unpaired) electrons. The molecule has 4 rings (SSSR count). The fourth-order valence-corrected chi connectivity index (χ4v) is 4.31. The van der Waals surface area contributed by atoms with Crippen LogP contribution >= 0.6 is 11.6 Å². The number of pyridine rings is 1. The molecule has 0 bridgehead atoms. The monoisotopic (exact) mass is 401 g/mol. The first-order valence-electron chi connectivity index (χ1n) is 8.41. The lowest BCUT2D eigenvalue weighted by Crippen LogP contribution is -2.25. The molecule has 2 N–H and O–H groups in total. The number of sulfonamides is 1. The van der Waals surface area contributed by atoms with Gasteiger partial charge in [-0.2, -0.15) is 0 Å². The van der Waals surface area contributed by atoms with Gasteiger partial charge in [0, 0.05) is 17.1 Å². The first-order valence-corrected chi connectivity index (χ1v) is 10.3. The lowest BCUT2D eigenvalue weighted by Gasteiger charge is -2.09. The molecule has 1 saturated carbocycles. The van der Waals surface area contributed by atoms with Crippen LogP contribution in [0.5, 0.6) is 0 Å². The number of amides is 1. The largest absolute Gasteiger partial charge is 0.321 e. The molecule has 1 aliphatic carbocycles. The second-order valence-corrected chi connectivity index (χ2v) is 8.47. The van der Waals surface area contributed by atoms with Crippen molar-refractivity contribution >= 4 is 44.0 Å². The van der Waals surface area contributed by atoms with Crippen LogP contribution in [0.15, 0.2) is 59.5 Å². The molecule has 2 aromatic carbocycles. The molecule has 27 heavy (non-hydrogen) atoms. The minimum atomic E-state index is -3.59. The van der Waals surface area contributed by atoms with Crippen molar-refractivity contribution in [2.75, 3.05) is 5.32 Å². The zero-order chi connectivity index (χ0) is 19.0. The Morgan fingerprint density at radius 2 is 1.85 bits per heavy atom. The number of carbonyl (C=O) groups is 1. The van der Waals surface area contributed by atoms with Gasteiger partial charge in [0.2, 0.25) is 10.0 Å². The molecular weight excluding hydrogens is 386 g/mol. The number of aromatic nitrogens is 1. The summed E-state index contributed by atoms with van der Waals surface area (Å²) in [6.45, 7) is 0. The number of rotatable bonds is 5. The van der Waals surface area contributed by atoms with Crippen LogP contribution in [0.2, 0.25) is 5.15 Å². The van der Waals surface area contributed by atoms with E-state index in [0.717, 1.165) is 23.6 Å². The highest BCUT2D eigenvalue weighted by Crippen LogP contribution is 2.25. The third-order valence-corrected chi connectivity index (χ3v) is 6.03. The van der Waals surface area contributed by atoms with Crippen molar-refractivity contribution in [2.45, 2.75) is 23.8 Å². The Hall–Kier alpha value is -2.48. The first kappa shape index (κ1) is 17.9. The predicted octanol–water partition coefficient (Wildman–Crippen LogP) is 3.58. The SMILES string of the molecule is O=C(Nc1cccc(S(=O)(=O)NC2CC2)c1)c1cc2ccccc2c(Cl)n1. The molecule has 8 heteroatoms. The van der Waals surface area contributed by atoms with Crippen LogP contribution in [0.3, 0.4) is 0 Å². The van der Waals surface area contributed by atoms with Gasteiger partial charge in [-0.05, 0) is 42.5 Å². The van der Waals surface area contributed by atoms with Crippen molar-refractivity contribution in [2.24, 2.45) is 0 Å². The van der Waals surface area contributed by atoms with E-state index in [4.69, 9.17) is 11.6 Å². The summed E-state index contributed by atoms with van der Waals surface area (Å²) in [5, 5.41) is 4.48. The third-order valence-electron chi connectivity index (χ3n) is 4.23. The number of benzene rings is 2. The Morgan fingerprint density at radius 3 is 2.63 bits per heavy atom. The molecule has 3 aromatic rings. The number of carbonyl (C=O) groups excluding carboxylic acids is 1. The van der Waals surface area contributed by atoms with Crippen molar-refractivity contribution in [1.29, 1.82) is 0 Å². The summed E-state index contributed by atoms with van der Waals surface area (Å²) in [6.07, 6.45) is 1.70. The van der Waals surface area contributed by atoms with Gasteiger partial charge in [0.05, 0.1) is 4.90 Å². The van der Waals surface area contributed by atoms with Crippen molar-refractivity contribution in [3.8, 4) is 0 Å². The number of hydrogen-bond acceptors (Lipinski definition) is 4. The number of nitrogens with zero attached hydrogens (tertiary/aromatic N) is 1. The summed E-state index contributed by atoms with van der Waals surface area (Å²) in [5.74, 6) is -0.465. The molecule has 0 saturated heterocycles. The Bertz CT molecular complexity index is 1140. The fraction of sp³-hybridized carbons (Fsp3) is 0.158. The van der Waals surface area contributed by atoms with Crippen LogP contribution in [0.1, 0.15) is 23.3 Å². The van der Waals surface area contributed by atoms with Gasteiger partial charge in [0.15, 0.2) is 0 Å². The summed E-state index contributed by atoms with van der Waals surface area (Å²) in [5.41, 5.74) is 0.521. The molecule has 138 valence electrons. The predicted molar refractivity (Wildman–Crippen MR) is 104 cm³/mol. The van der Waals surface area contributed by atoms with Crippen molar-refractivity contribution in [3.05, 3.63) is 65.4 Å². The summed E-state index contributed by atoms with van der Waals surface area (Å²) in [6, 6.07) is 15.1. The maximum absolute atomic E-state index is 12.6. The minimum Gasteiger partial charge on any atom is -0.321 e. The van der Waals surface area contributed by atoms with E-state index in [1.54, 1.807) is 18.2 Å². The molecule has 1 fully saturated rings. The quantitative estimate of drug-likeness (QED) is 0.639. The van der Waals surface area contributed by atoms with Gasteiger partial charge >= 0.3 is 0 Å². The van der Waals surface area contributed by atoms with E-state index < -0.39 is 15.9 Å². The molecule has 1 heterocycles. The van der Waals surface area contributed by atoms with Crippen LogP contribution in [0, 0.1) is 0 Å². The highest BCUT2D eigenvalue weighted by molar-refractivity contribution is 7.89. The van der Waals surface area contributed by atoms with Gasteiger partial charge in [-0.15, -0.1) is 0 Å². The Morgan fingerprint density at radius 1 is 1.07 bits per heavy atom. The van der Waals surface area contributed by atoms with Crippen LogP contribution in [-0.2, 0) is 10.0 Å². The molecule has 0 atom stereocenters. The number of halogens is 1.